The van der Waals surface area contributed by atoms with Crippen LogP contribution in [0.25, 0.3) is 0 Å². The summed E-state index contributed by atoms with van der Waals surface area (Å²) >= 11 is 0. The number of guanidine groups is 1. The summed E-state index contributed by atoms with van der Waals surface area (Å²) in [6.07, 6.45) is 0. The Hall–Kier alpha value is -3.02. The van der Waals surface area contributed by atoms with Crippen LogP contribution in [0.1, 0.15) is 30.5 Å². The van der Waals surface area contributed by atoms with Crippen molar-refractivity contribution in [2.45, 2.75) is 40.3 Å². The summed E-state index contributed by atoms with van der Waals surface area (Å²) in [5.41, 5.74) is 11.1. The van der Waals surface area contributed by atoms with E-state index in [1.54, 1.807) is 0 Å². The lowest BCUT2D eigenvalue weighted by Gasteiger charge is -2.10. The molecule has 2 aromatic carbocycles. The monoisotopic (exact) mass is 353 g/mol. The molecule has 138 valence electrons. The average molecular weight is 353 g/mol. The molecule has 26 heavy (non-hydrogen) atoms. The highest BCUT2D eigenvalue weighted by Crippen LogP contribution is 2.14. The fourth-order valence-electron chi connectivity index (χ4n) is 2.31. The minimum Gasteiger partial charge on any atom is -0.370 e. The number of aryl methyl sites for hydroxylation is 2. The highest BCUT2D eigenvalue weighted by Gasteiger charge is 2.03. The average Bonchev–Trinajstić information content (AvgIpc) is 2.57. The normalized spacial score (nSPS) is 11.3. The van der Waals surface area contributed by atoms with Gasteiger partial charge in [0.05, 0.1) is 6.54 Å². The van der Waals surface area contributed by atoms with E-state index < -0.39 is 0 Å². The van der Waals surface area contributed by atoms with E-state index in [-0.39, 0.29) is 12.1 Å². The molecule has 0 aliphatic rings. The van der Waals surface area contributed by atoms with Crippen molar-refractivity contribution in [3.05, 3.63) is 59.2 Å². The van der Waals surface area contributed by atoms with Crippen LogP contribution in [-0.2, 0) is 6.54 Å². The molecule has 0 fully saturated rings. The van der Waals surface area contributed by atoms with Gasteiger partial charge in [-0.2, -0.15) is 0 Å². The number of urea groups is 1. The van der Waals surface area contributed by atoms with Crippen molar-refractivity contribution in [2.75, 3.05) is 10.6 Å². The third kappa shape index (κ3) is 6.12. The van der Waals surface area contributed by atoms with Crippen LogP contribution < -0.4 is 21.7 Å². The molecule has 5 N–H and O–H groups in total. The Balaban J connectivity index is 1.90. The quantitative estimate of drug-likeness (QED) is 0.487. The molecular formula is C20H27N5O. The van der Waals surface area contributed by atoms with Gasteiger partial charge in [0.15, 0.2) is 5.96 Å². The minimum absolute atomic E-state index is 0.0939. The first-order valence-electron chi connectivity index (χ1n) is 8.64. The van der Waals surface area contributed by atoms with E-state index in [4.69, 9.17) is 5.73 Å². The van der Waals surface area contributed by atoms with E-state index in [0.717, 1.165) is 16.9 Å². The highest BCUT2D eigenvalue weighted by molar-refractivity contribution is 5.92. The number of benzene rings is 2. The number of hydrogen-bond donors (Lipinski definition) is 4. The second kappa shape index (κ2) is 8.89. The lowest BCUT2D eigenvalue weighted by molar-refractivity contribution is 0.250. The minimum atomic E-state index is -0.215. The smallest absolute Gasteiger partial charge is 0.319 e. The summed E-state index contributed by atoms with van der Waals surface area (Å²) in [7, 11) is 0. The van der Waals surface area contributed by atoms with Crippen LogP contribution >= 0.6 is 0 Å². The summed E-state index contributed by atoms with van der Waals surface area (Å²) in [6.45, 7) is 8.42. The molecule has 0 aliphatic heterocycles. The van der Waals surface area contributed by atoms with Gasteiger partial charge in [-0.1, -0.05) is 18.2 Å². The van der Waals surface area contributed by atoms with Crippen molar-refractivity contribution in [1.82, 2.24) is 5.32 Å². The van der Waals surface area contributed by atoms with Gasteiger partial charge in [0.1, 0.15) is 0 Å². The number of nitrogens with one attached hydrogen (secondary N) is 3. The van der Waals surface area contributed by atoms with Crippen LogP contribution in [0.4, 0.5) is 16.2 Å². The lowest BCUT2D eigenvalue weighted by Crippen LogP contribution is -2.34. The summed E-state index contributed by atoms with van der Waals surface area (Å²) in [5, 5.41) is 8.66. The molecule has 0 spiro atoms. The fraction of sp³-hybridized carbons (Fsp3) is 0.300. The van der Waals surface area contributed by atoms with Gasteiger partial charge in [-0.15, -0.1) is 0 Å². The number of carbonyl (C=O) groups is 1. The molecule has 0 unspecified atom stereocenters. The molecule has 0 radical (unpaired) electrons. The molecule has 0 aromatic heterocycles. The number of rotatable bonds is 5. The zero-order valence-electron chi connectivity index (χ0n) is 15.8. The summed E-state index contributed by atoms with van der Waals surface area (Å²) in [4.78, 5) is 16.0. The SMILES string of the molecule is Cc1ccc(NC(N)=NCc2ccc(NC(=O)NC(C)C)cc2)cc1C. The standard InChI is InChI=1S/C20H27N5O/c1-13(2)23-20(26)25-17-9-6-16(7-10-17)12-22-19(21)24-18-8-5-14(3)15(4)11-18/h5-11,13H,12H2,1-4H3,(H3,21,22,24)(H2,23,25,26). The number of hydrogen-bond acceptors (Lipinski definition) is 2. The predicted molar refractivity (Wildman–Crippen MR) is 109 cm³/mol. The maximum absolute atomic E-state index is 11.7. The van der Waals surface area contributed by atoms with Crippen LogP contribution in [0.5, 0.6) is 0 Å². The van der Waals surface area contributed by atoms with E-state index >= 15 is 0 Å². The first-order chi connectivity index (χ1) is 12.3. The number of anilines is 2. The van der Waals surface area contributed by atoms with Crippen LogP contribution in [-0.4, -0.2) is 18.0 Å². The molecule has 2 aromatic rings. The molecule has 0 bridgehead atoms. The molecular weight excluding hydrogens is 326 g/mol. The van der Waals surface area contributed by atoms with E-state index in [9.17, 15) is 4.79 Å². The molecule has 2 rings (SSSR count). The van der Waals surface area contributed by atoms with Crippen molar-refractivity contribution in [1.29, 1.82) is 0 Å². The first-order valence-corrected chi connectivity index (χ1v) is 8.64. The maximum Gasteiger partial charge on any atom is 0.319 e. The third-order valence-electron chi connectivity index (χ3n) is 3.84. The summed E-state index contributed by atoms with van der Waals surface area (Å²) < 4.78 is 0. The van der Waals surface area contributed by atoms with E-state index in [2.05, 4.69) is 34.8 Å². The van der Waals surface area contributed by atoms with Gasteiger partial charge in [-0.25, -0.2) is 9.79 Å². The van der Waals surface area contributed by atoms with Gasteiger partial charge >= 0.3 is 6.03 Å². The van der Waals surface area contributed by atoms with Crippen LogP contribution in [0.3, 0.4) is 0 Å². The number of aliphatic imine (C=N–C) groups is 1. The van der Waals surface area contributed by atoms with Crippen LogP contribution in [0, 0.1) is 13.8 Å². The Kier molecular flexibility index (Phi) is 6.60. The van der Waals surface area contributed by atoms with Gasteiger partial charge in [0.2, 0.25) is 0 Å². The molecule has 0 heterocycles. The van der Waals surface area contributed by atoms with Gasteiger partial charge in [0.25, 0.3) is 0 Å². The zero-order valence-corrected chi connectivity index (χ0v) is 15.8. The Morgan fingerprint density at radius 1 is 1.00 bits per heavy atom. The van der Waals surface area contributed by atoms with Crippen LogP contribution in [0.15, 0.2) is 47.5 Å². The number of nitrogens with zero attached hydrogens (tertiary/aromatic N) is 1. The Labute approximate surface area is 154 Å². The molecule has 2 amide bonds. The van der Waals surface area contributed by atoms with Crippen molar-refractivity contribution in [3.8, 4) is 0 Å². The number of nitrogens with two attached hydrogens (primary N) is 1. The Bertz CT molecular complexity index is 781. The fourth-order valence-corrected chi connectivity index (χ4v) is 2.31. The zero-order chi connectivity index (χ0) is 19.1. The summed E-state index contributed by atoms with van der Waals surface area (Å²) in [5.74, 6) is 0.367. The van der Waals surface area contributed by atoms with E-state index in [1.807, 2.05) is 56.3 Å². The van der Waals surface area contributed by atoms with Crippen molar-refractivity contribution in [2.24, 2.45) is 10.7 Å². The predicted octanol–water partition coefficient (Wildman–Crippen LogP) is 3.76. The highest BCUT2D eigenvalue weighted by atomic mass is 16.2. The van der Waals surface area contributed by atoms with E-state index in [1.165, 1.54) is 11.1 Å². The molecule has 0 aliphatic carbocycles. The molecule has 6 nitrogen and oxygen atoms in total. The second-order valence-electron chi connectivity index (χ2n) is 6.58. The third-order valence-corrected chi connectivity index (χ3v) is 3.84. The molecule has 0 saturated heterocycles. The van der Waals surface area contributed by atoms with Gasteiger partial charge < -0.3 is 21.7 Å². The van der Waals surface area contributed by atoms with Crippen molar-refractivity contribution in [3.63, 3.8) is 0 Å². The first kappa shape index (κ1) is 19.3. The van der Waals surface area contributed by atoms with Crippen molar-refractivity contribution < 1.29 is 4.79 Å². The van der Waals surface area contributed by atoms with E-state index in [0.29, 0.717) is 12.5 Å². The molecule has 0 atom stereocenters. The second-order valence-corrected chi connectivity index (χ2v) is 6.58. The molecule has 6 heteroatoms. The summed E-state index contributed by atoms with van der Waals surface area (Å²) in [6, 6.07) is 13.5. The Morgan fingerprint density at radius 3 is 2.27 bits per heavy atom. The number of carbonyl (C=O) groups excluding carboxylic acids is 1. The lowest BCUT2D eigenvalue weighted by atomic mass is 10.1. The van der Waals surface area contributed by atoms with Crippen LogP contribution in [0.2, 0.25) is 0 Å². The van der Waals surface area contributed by atoms with Gasteiger partial charge in [0, 0.05) is 17.4 Å². The van der Waals surface area contributed by atoms with Gasteiger partial charge in [-0.05, 0) is 68.7 Å². The Morgan fingerprint density at radius 2 is 1.65 bits per heavy atom. The largest absolute Gasteiger partial charge is 0.370 e. The molecule has 0 saturated carbocycles. The maximum atomic E-state index is 11.7. The van der Waals surface area contributed by atoms with Crippen molar-refractivity contribution >= 4 is 23.4 Å². The number of amides is 2. The van der Waals surface area contributed by atoms with Gasteiger partial charge in [-0.3, -0.25) is 0 Å². The topological polar surface area (TPSA) is 91.5 Å².